The molecule has 1 amide bonds. The van der Waals surface area contributed by atoms with Crippen LogP contribution in [0.2, 0.25) is 0 Å². The predicted octanol–water partition coefficient (Wildman–Crippen LogP) is 5.19. The Bertz CT molecular complexity index is 1330. The Hall–Kier alpha value is -3.44. The summed E-state index contributed by atoms with van der Waals surface area (Å²) in [6.07, 6.45) is -2.13. The number of hydroxylamine groups is 2. The molecular weight excluding hydrogens is 521 g/mol. The first-order valence-corrected chi connectivity index (χ1v) is 13.5. The number of hydrogen-bond donors (Lipinski definition) is 1. The van der Waals surface area contributed by atoms with Gasteiger partial charge in [-0.2, -0.15) is 18.3 Å². The van der Waals surface area contributed by atoms with E-state index in [9.17, 15) is 18.0 Å². The molecule has 1 aliphatic rings. The van der Waals surface area contributed by atoms with Gasteiger partial charge in [0.15, 0.2) is 5.82 Å². The monoisotopic (exact) mass is 558 g/mol. The molecule has 2 heterocycles. The van der Waals surface area contributed by atoms with Gasteiger partial charge in [0.1, 0.15) is 0 Å². The van der Waals surface area contributed by atoms with Crippen molar-refractivity contribution in [2.24, 2.45) is 0 Å². The van der Waals surface area contributed by atoms with E-state index in [2.05, 4.69) is 37.4 Å². The molecule has 3 aromatic rings. The van der Waals surface area contributed by atoms with Crippen LogP contribution in [0.5, 0.6) is 0 Å². The Morgan fingerprint density at radius 2 is 1.80 bits per heavy atom. The van der Waals surface area contributed by atoms with Crippen LogP contribution in [0.15, 0.2) is 36.4 Å². The van der Waals surface area contributed by atoms with Gasteiger partial charge >= 0.3 is 6.18 Å². The van der Waals surface area contributed by atoms with Crippen molar-refractivity contribution in [2.75, 3.05) is 57.1 Å². The van der Waals surface area contributed by atoms with Gasteiger partial charge in [0.25, 0.3) is 0 Å². The molecule has 0 saturated carbocycles. The zero-order chi connectivity index (χ0) is 28.9. The quantitative estimate of drug-likeness (QED) is 0.271. The highest BCUT2D eigenvalue weighted by molar-refractivity contribution is 5.95. The highest BCUT2D eigenvalue weighted by Gasteiger charge is 2.32. The molecule has 0 radical (unpaired) electrons. The lowest BCUT2D eigenvalue weighted by Crippen LogP contribution is -2.46. The van der Waals surface area contributed by atoms with E-state index < -0.39 is 11.7 Å². The van der Waals surface area contributed by atoms with E-state index >= 15 is 0 Å². The van der Waals surface area contributed by atoms with Crippen molar-refractivity contribution in [3.63, 3.8) is 0 Å². The van der Waals surface area contributed by atoms with Gasteiger partial charge in [-0.1, -0.05) is 18.2 Å². The Labute approximate surface area is 233 Å². The highest BCUT2D eigenvalue weighted by Crippen LogP contribution is 2.34. The number of rotatable bonds is 10. The second-order valence-electron chi connectivity index (χ2n) is 10.2. The van der Waals surface area contributed by atoms with Crippen molar-refractivity contribution < 1.29 is 22.8 Å². The number of nitrogens with one attached hydrogen (secondary N) is 1. The Morgan fingerprint density at radius 1 is 1.05 bits per heavy atom. The first-order chi connectivity index (χ1) is 19.1. The third kappa shape index (κ3) is 7.00. The summed E-state index contributed by atoms with van der Waals surface area (Å²) < 4.78 is 40.1. The molecule has 4 rings (SSSR count). The summed E-state index contributed by atoms with van der Waals surface area (Å²) in [4.78, 5) is 21.5. The SMILES string of the molecule is CON(C)C(=O)CCCCN1CCN(c2ccc3c(C)nnc(NCc4cccc(C(F)(F)F)c4C)c3c2)CC1. The van der Waals surface area contributed by atoms with Crippen molar-refractivity contribution in [3.05, 3.63) is 58.8 Å². The summed E-state index contributed by atoms with van der Waals surface area (Å²) in [5, 5.41) is 15.0. The molecule has 1 aromatic heterocycles. The van der Waals surface area contributed by atoms with Crippen LogP contribution in [-0.2, 0) is 22.4 Å². The number of carbonyl (C=O) groups excluding carboxylic acids is 1. The van der Waals surface area contributed by atoms with E-state index in [0.717, 1.165) is 73.8 Å². The number of nitrogens with zero attached hydrogens (tertiary/aromatic N) is 5. The number of anilines is 2. The number of fused-ring (bicyclic) bond motifs is 1. The molecule has 1 aliphatic heterocycles. The summed E-state index contributed by atoms with van der Waals surface area (Å²) in [7, 11) is 3.11. The minimum Gasteiger partial charge on any atom is -0.369 e. The summed E-state index contributed by atoms with van der Waals surface area (Å²) in [6, 6.07) is 10.5. The Kier molecular flexibility index (Phi) is 9.47. The summed E-state index contributed by atoms with van der Waals surface area (Å²) in [5.41, 5.74) is 2.01. The fourth-order valence-corrected chi connectivity index (χ4v) is 5.07. The van der Waals surface area contributed by atoms with Gasteiger partial charge in [0.2, 0.25) is 5.91 Å². The van der Waals surface area contributed by atoms with Gasteiger partial charge in [-0.05, 0) is 62.6 Å². The zero-order valence-electron chi connectivity index (χ0n) is 23.5. The topological polar surface area (TPSA) is 73.8 Å². The van der Waals surface area contributed by atoms with Crippen molar-refractivity contribution in [2.45, 2.75) is 45.8 Å². The molecule has 0 aliphatic carbocycles. The molecular formula is C29H37F3N6O2. The second-order valence-corrected chi connectivity index (χ2v) is 10.2. The lowest BCUT2D eigenvalue weighted by Gasteiger charge is -2.36. The average molecular weight is 559 g/mol. The van der Waals surface area contributed by atoms with Crippen molar-refractivity contribution >= 4 is 28.2 Å². The minimum absolute atomic E-state index is 0.0117. The molecule has 0 spiro atoms. The molecule has 11 heteroatoms. The molecule has 40 heavy (non-hydrogen) atoms. The van der Waals surface area contributed by atoms with Crippen LogP contribution in [0.1, 0.15) is 41.6 Å². The summed E-state index contributed by atoms with van der Waals surface area (Å²) in [5.74, 6) is 0.536. The van der Waals surface area contributed by atoms with Gasteiger partial charge in [-0.15, -0.1) is 5.10 Å². The Morgan fingerprint density at radius 3 is 2.50 bits per heavy atom. The number of amides is 1. The van der Waals surface area contributed by atoms with Crippen LogP contribution < -0.4 is 10.2 Å². The second kappa shape index (κ2) is 12.8. The number of alkyl halides is 3. The number of aromatic nitrogens is 2. The van der Waals surface area contributed by atoms with E-state index in [-0.39, 0.29) is 18.0 Å². The molecule has 1 saturated heterocycles. The Balaban J connectivity index is 1.40. The summed E-state index contributed by atoms with van der Waals surface area (Å²) >= 11 is 0. The minimum atomic E-state index is -4.39. The maximum absolute atomic E-state index is 13.4. The van der Waals surface area contributed by atoms with Gasteiger partial charge in [0, 0.05) is 62.7 Å². The average Bonchev–Trinajstić information content (AvgIpc) is 2.94. The van der Waals surface area contributed by atoms with Crippen LogP contribution >= 0.6 is 0 Å². The number of aryl methyl sites for hydroxylation is 1. The number of unbranched alkanes of at least 4 members (excludes halogenated alkanes) is 1. The first kappa shape index (κ1) is 29.5. The van der Waals surface area contributed by atoms with E-state index in [1.54, 1.807) is 13.1 Å². The number of piperazine rings is 1. The molecule has 8 nitrogen and oxygen atoms in total. The van der Waals surface area contributed by atoms with Gasteiger partial charge in [0.05, 0.1) is 18.4 Å². The number of carbonyl (C=O) groups is 1. The van der Waals surface area contributed by atoms with Gasteiger partial charge < -0.3 is 10.2 Å². The van der Waals surface area contributed by atoms with Crippen molar-refractivity contribution in [3.8, 4) is 0 Å². The van der Waals surface area contributed by atoms with E-state index in [4.69, 9.17) is 4.84 Å². The number of hydrogen-bond acceptors (Lipinski definition) is 7. The molecule has 216 valence electrons. The predicted molar refractivity (Wildman–Crippen MR) is 150 cm³/mol. The van der Waals surface area contributed by atoms with Crippen LogP contribution in [0.4, 0.5) is 24.7 Å². The number of benzene rings is 2. The van der Waals surface area contributed by atoms with Gasteiger partial charge in [-0.3, -0.25) is 14.5 Å². The van der Waals surface area contributed by atoms with Crippen LogP contribution in [-0.4, -0.2) is 72.9 Å². The molecule has 0 bridgehead atoms. The number of halogens is 3. The molecule has 2 aromatic carbocycles. The lowest BCUT2D eigenvalue weighted by atomic mass is 10.0. The lowest BCUT2D eigenvalue weighted by molar-refractivity contribution is -0.168. The molecule has 0 atom stereocenters. The maximum Gasteiger partial charge on any atom is 0.416 e. The molecule has 0 unspecified atom stereocenters. The molecule has 1 N–H and O–H groups in total. The normalized spacial score (nSPS) is 14.5. The van der Waals surface area contributed by atoms with Crippen LogP contribution in [0.25, 0.3) is 10.8 Å². The standard InChI is InChI=1S/C29H37F3N6O2/c1-20-22(8-7-9-26(20)29(30,31)32)19-33-28-25-18-23(11-12-24(25)21(2)34-35-28)38-16-14-37(15-17-38)13-6-5-10-27(39)36(3)40-4/h7-9,11-12,18H,5-6,10,13-17,19H2,1-4H3,(H,33,35). The van der Waals surface area contributed by atoms with E-state index in [1.165, 1.54) is 25.2 Å². The highest BCUT2D eigenvalue weighted by atomic mass is 19.4. The fourth-order valence-electron chi connectivity index (χ4n) is 5.07. The van der Waals surface area contributed by atoms with E-state index in [1.807, 2.05) is 13.0 Å². The van der Waals surface area contributed by atoms with Crippen molar-refractivity contribution in [1.29, 1.82) is 0 Å². The third-order valence-electron chi connectivity index (χ3n) is 7.62. The maximum atomic E-state index is 13.4. The van der Waals surface area contributed by atoms with Crippen molar-refractivity contribution in [1.82, 2.24) is 20.2 Å². The van der Waals surface area contributed by atoms with Crippen LogP contribution in [0, 0.1) is 13.8 Å². The fraction of sp³-hybridized carbons (Fsp3) is 0.483. The summed E-state index contributed by atoms with van der Waals surface area (Å²) in [6.45, 7) is 8.16. The zero-order valence-corrected chi connectivity index (χ0v) is 23.5. The molecule has 1 fully saturated rings. The smallest absolute Gasteiger partial charge is 0.369 e. The largest absolute Gasteiger partial charge is 0.416 e. The first-order valence-electron chi connectivity index (χ1n) is 13.5. The van der Waals surface area contributed by atoms with Gasteiger partial charge in [-0.25, -0.2) is 5.06 Å². The van der Waals surface area contributed by atoms with Crippen LogP contribution in [0.3, 0.4) is 0 Å². The third-order valence-corrected chi connectivity index (χ3v) is 7.62. The van der Waals surface area contributed by atoms with E-state index in [0.29, 0.717) is 17.8 Å².